The molecular formula is C25H32N4O6. The Morgan fingerprint density at radius 2 is 1.20 bits per heavy atom. The van der Waals surface area contributed by atoms with Gasteiger partial charge in [-0.2, -0.15) is 0 Å². The normalized spacial score (nSPS) is 15.1. The Bertz CT molecular complexity index is 1000. The standard InChI is InChI=1S/C25H32N4O6/c1-15(22(31)29-20(25(34)35)14-18-11-7-4-8-12-18)27-23(32)19(13-17-9-5-3-6-10-17)28-24(33)21(26)16(2)30/h3-12,15-16,19-21,30H,13-14,26H2,1-2H3,(H,27,32)(H,28,33)(H,29,31)(H,34,35). The van der Waals surface area contributed by atoms with Gasteiger partial charge in [-0.3, -0.25) is 14.4 Å². The fraction of sp³-hybridized carbons (Fsp3) is 0.360. The number of aliphatic carboxylic acids is 1. The van der Waals surface area contributed by atoms with E-state index in [0.29, 0.717) is 0 Å². The summed E-state index contributed by atoms with van der Waals surface area (Å²) in [6, 6.07) is 13.2. The number of carboxylic acids is 1. The number of hydrogen-bond donors (Lipinski definition) is 6. The summed E-state index contributed by atoms with van der Waals surface area (Å²) in [6.45, 7) is 2.77. The predicted molar refractivity (Wildman–Crippen MR) is 129 cm³/mol. The molecule has 0 aromatic heterocycles. The second-order valence-electron chi connectivity index (χ2n) is 8.34. The van der Waals surface area contributed by atoms with Crippen molar-refractivity contribution >= 4 is 23.7 Å². The Balaban J connectivity index is 2.07. The average molecular weight is 485 g/mol. The van der Waals surface area contributed by atoms with Gasteiger partial charge < -0.3 is 31.9 Å². The quantitative estimate of drug-likeness (QED) is 0.241. The first-order valence-corrected chi connectivity index (χ1v) is 11.2. The minimum atomic E-state index is -1.24. The van der Waals surface area contributed by atoms with Gasteiger partial charge in [-0.25, -0.2) is 4.79 Å². The largest absolute Gasteiger partial charge is 0.480 e. The lowest BCUT2D eigenvalue weighted by molar-refractivity contribution is -0.142. The smallest absolute Gasteiger partial charge is 0.326 e. The summed E-state index contributed by atoms with van der Waals surface area (Å²) in [5, 5.41) is 26.6. The Morgan fingerprint density at radius 3 is 1.66 bits per heavy atom. The van der Waals surface area contributed by atoms with Crippen molar-refractivity contribution in [2.45, 2.75) is 57.0 Å². The molecule has 2 aromatic carbocycles. The van der Waals surface area contributed by atoms with Crippen LogP contribution in [0.1, 0.15) is 25.0 Å². The molecule has 2 rings (SSSR count). The number of aliphatic hydroxyl groups excluding tert-OH is 1. The Hall–Kier alpha value is -3.76. The van der Waals surface area contributed by atoms with E-state index in [-0.39, 0.29) is 12.8 Å². The molecule has 0 aliphatic rings. The number of carboxylic acid groups (broad SMARTS) is 1. The molecule has 188 valence electrons. The highest BCUT2D eigenvalue weighted by molar-refractivity contribution is 5.94. The molecule has 35 heavy (non-hydrogen) atoms. The second-order valence-corrected chi connectivity index (χ2v) is 8.34. The van der Waals surface area contributed by atoms with E-state index in [9.17, 15) is 29.4 Å². The van der Waals surface area contributed by atoms with E-state index in [1.54, 1.807) is 60.7 Å². The van der Waals surface area contributed by atoms with E-state index in [4.69, 9.17) is 5.73 Å². The van der Waals surface area contributed by atoms with Crippen LogP contribution in [0.3, 0.4) is 0 Å². The SMILES string of the molecule is CC(NC(=O)C(Cc1ccccc1)NC(=O)C(N)C(C)O)C(=O)NC(Cc1ccccc1)C(=O)O. The molecule has 0 saturated carbocycles. The van der Waals surface area contributed by atoms with Crippen molar-refractivity contribution in [2.24, 2.45) is 5.73 Å². The van der Waals surface area contributed by atoms with E-state index in [1.807, 2.05) is 0 Å². The summed E-state index contributed by atoms with van der Waals surface area (Å²) < 4.78 is 0. The highest BCUT2D eigenvalue weighted by Gasteiger charge is 2.29. The third kappa shape index (κ3) is 8.84. The molecule has 5 unspecified atom stereocenters. The van der Waals surface area contributed by atoms with Crippen LogP contribution >= 0.6 is 0 Å². The molecule has 0 bridgehead atoms. The van der Waals surface area contributed by atoms with E-state index in [1.165, 1.54) is 13.8 Å². The van der Waals surface area contributed by atoms with Gasteiger partial charge in [-0.05, 0) is 25.0 Å². The molecule has 5 atom stereocenters. The fourth-order valence-electron chi connectivity index (χ4n) is 3.27. The summed E-state index contributed by atoms with van der Waals surface area (Å²) in [6.07, 6.45) is -0.935. The van der Waals surface area contributed by atoms with Gasteiger partial charge in [0.25, 0.3) is 0 Å². The van der Waals surface area contributed by atoms with Crippen LogP contribution in [0, 0.1) is 0 Å². The number of rotatable bonds is 12. The van der Waals surface area contributed by atoms with Gasteiger partial charge in [0.1, 0.15) is 24.2 Å². The molecule has 0 heterocycles. The zero-order valence-electron chi connectivity index (χ0n) is 19.7. The zero-order chi connectivity index (χ0) is 26.0. The van der Waals surface area contributed by atoms with Crippen molar-refractivity contribution in [3.05, 3.63) is 71.8 Å². The molecule has 2 aromatic rings. The monoisotopic (exact) mass is 484 g/mol. The fourth-order valence-corrected chi connectivity index (χ4v) is 3.27. The van der Waals surface area contributed by atoms with E-state index < -0.39 is 54.0 Å². The van der Waals surface area contributed by atoms with Crippen molar-refractivity contribution in [3.8, 4) is 0 Å². The molecule has 3 amide bonds. The summed E-state index contributed by atoms with van der Waals surface area (Å²) >= 11 is 0. The molecule has 0 radical (unpaired) electrons. The van der Waals surface area contributed by atoms with Crippen molar-refractivity contribution in [2.75, 3.05) is 0 Å². The van der Waals surface area contributed by atoms with Crippen molar-refractivity contribution in [3.63, 3.8) is 0 Å². The van der Waals surface area contributed by atoms with Gasteiger partial charge in [-0.15, -0.1) is 0 Å². The van der Waals surface area contributed by atoms with E-state index in [2.05, 4.69) is 16.0 Å². The van der Waals surface area contributed by atoms with Crippen LogP contribution in [0.5, 0.6) is 0 Å². The lowest BCUT2D eigenvalue weighted by Crippen LogP contribution is -2.58. The van der Waals surface area contributed by atoms with Crippen molar-refractivity contribution in [1.82, 2.24) is 16.0 Å². The molecular weight excluding hydrogens is 452 g/mol. The van der Waals surface area contributed by atoms with Crippen LogP contribution < -0.4 is 21.7 Å². The number of hydrogen-bond acceptors (Lipinski definition) is 6. The lowest BCUT2D eigenvalue weighted by atomic mass is 10.0. The minimum absolute atomic E-state index is 0.0759. The van der Waals surface area contributed by atoms with Crippen LogP contribution in [-0.4, -0.2) is 64.2 Å². The topological polar surface area (TPSA) is 171 Å². The third-order valence-corrected chi connectivity index (χ3v) is 5.39. The van der Waals surface area contributed by atoms with Crippen LogP contribution in [-0.2, 0) is 32.0 Å². The van der Waals surface area contributed by atoms with Gasteiger partial charge in [0.15, 0.2) is 0 Å². The Labute approximate surface area is 203 Å². The molecule has 0 saturated heterocycles. The van der Waals surface area contributed by atoms with Gasteiger partial charge in [0.2, 0.25) is 17.7 Å². The van der Waals surface area contributed by atoms with Gasteiger partial charge in [-0.1, -0.05) is 60.7 Å². The number of nitrogens with two attached hydrogens (primary N) is 1. The van der Waals surface area contributed by atoms with E-state index >= 15 is 0 Å². The predicted octanol–water partition coefficient (Wildman–Crippen LogP) is -0.261. The number of carbonyl (C=O) groups excluding carboxylic acids is 3. The number of nitrogens with one attached hydrogen (secondary N) is 3. The molecule has 10 nitrogen and oxygen atoms in total. The first-order chi connectivity index (χ1) is 16.6. The highest BCUT2D eigenvalue weighted by Crippen LogP contribution is 2.06. The second kappa shape index (κ2) is 13.2. The number of amides is 3. The summed E-state index contributed by atoms with van der Waals surface area (Å²) in [4.78, 5) is 49.7. The molecule has 0 aliphatic heterocycles. The first kappa shape index (κ1) is 27.5. The molecule has 10 heteroatoms. The summed E-state index contributed by atoms with van der Waals surface area (Å²) in [5.41, 5.74) is 7.17. The number of carbonyl (C=O) groups is 4. The molecule has 0 aliphatic carbocycles. The van der Waals surface area contributed by atoms with Crippen LogP contribution in [0.25, 0.3) is 0 Å². The average Bonchev–Trinajstić information content (AvgIpc) is 2.83. The van der Waals surface area contributed by atoms with Crippen LogP contribution in [0.4, 0.5) is 0 Å². The van der Waals surface area contributed by atoms with Crippen molar-refractivity contribution < 1.29 is 29.4 Å². The third-order valence-electron chi connectivity index (χ3n) is 5.39. The number of aliphatic hydroxyl groups is 1. The maximum absolute atomic E-state index is 13.0. The van der Waals surface area contributed by atoms with Gasteiger partial charge >= 0.3 is 5.97 Å². The molecule has 0 fully saturated rings. The summed E-state index contributed by atoms with van der Waals surface area (Å²) in [5.74, 6) is -3.27. The molecule has 0 spiro atoms. The van der Waals surface area contributed by atoms with Gasteiger partial charge in [0, 0.05) is 12.8 Å². The summed E-state index contributed by atoms with van der Waals surface area (Å²) in [7, 11) is 0. The van der Waals surface area contributed by atoms with E-state index in [0.717, 1.165) is 11.1 Å². The van der Waals surface area contributed by atoms with Gasteiger partial charge in [0.05, 0.1) is 6.10 Å². The van der Waals surface area contributed by atoms with Crippen LogP contribution in [0.2, 0.25) is 0 Å². The number of benzene rings is 2. The first-order valence-electron chi connectivity index (χ1n) is 11.2. The maximum Gasteiger partial charge on any atom is 0.326 e. The van der Waals surface area contributed by atoms with Crippen molar-refractivity contribution in [1.29, 1.82) is 0 Å². The lowest BCUT2D eigenvalue weighted by Gasteiger charge is -2.24. The zero-order valence-corrected chi connectivity index (χ0v) is 19.7. The maximum atomic E-state index is 13.0. The minimum Gasteiger partial charge on any atom is -0.480 e. The Morgan fingerprint density at radius 1 is 0.743 bits per heavy atom. The highest BCUT2D eigenvalue weighted by atomic mass is 16.4. The molecule has 7 N–H and O–H groups in total. The Kier molecular flexibility index (Phi) is 10.4. The van der Waals surface area contributed by atoms with Crippen LogP contribution in [0.15, 0.2) is 60.7 Å².